The molecular formula is C18H30N4O8P2. The van der Waals surface area contributed by atoms with Gasteiger partial charge >= 0.3 is 187 Å². The van der Waals surface area contributed by atoms with Crippen molar-refractivity contribution in [3.05, 3.63) is 0 Å². The fourth-order valence-electron chi connectivity index (χ4n) is 4.52. The van der Waals surface area contributed by atoms with Gasteiger partial charge < -0.3 is 0 Å². The van der Waals surface area contributed by atoms with E-state index in [-0.39, 0.29) is 0 Å². The molecule has 2 amide bonds. The van der Waals surface area contributed by atoms with Gasteiger partial charge in [-0.05, 0) is 0 Å². The molecule has 0 N–H and O–H groups in total. The maximum atomic E-state index is 14.0. The summed E-state index contributed by atoms with van der Waals surface area (Å²) in [6.45, 7) is 9.76. The predicted octanol–water partition coefficient (Wildman–Crippen LogP) is 3.18. The van der Waals surface area contributed by atoms with E-state index in [1.807, 2.05) is 12.1 Å². The SMILES string of the molecule is COP12(OC)OC(C#N)(C(C)(C)C)C(=O)N1P1(OC)(OC)OC(C#N)(C(C)(C)C)C(=O)N21. The van der Waals surface area contributed by atoms with Crippen molar-refractivity contribution in [3.8, 4) is 12.1 Å². The minimum absolute atomic E-state index is 0.901. The fraction of sp³-hybridized carbons (Fsp3) is 0.778. The van der Waals surface area contributed by atoms with Crippen LogP contribution in [0.25, 0.3) is 0 Å². The van der Waals surface area contributed by atoms with E-state index in [9.17, 15) is 20.1 Å². The number of nitriles is 2. The molecule has 0 aromatic rings. The van der Waals surface area contributed by atoms with Crippen molar-refractivity contribution in [2.24, 2.45) is 10.8 Å². The molecule has 2 unspecified atom stereocenters. The van der Waals surface area contributed by atoms with Crippen molar-refractivity contribution < 1.29 is 36.7 Å². The van der Waals surface area contributed by atoms with Gasteiger partial charge in [-0.2, -0.15) is 0 Å². The summed E-state index contributed by atoms with van der Waals surface area (Å²) in [7, 11) is -5.54. The van der Waals surface area contributed by atoms with Gasteiger partial charge in [-0.15, -0.1) is 0 Å². The Morgan fingerprint density at radius 2 is 0.969 bits per heavy atom. The molecule has 0 aromatic heterocycles. The third-order valence-corrected chi connectivity index (χ3v) is 17.0. The monoisotopic (exact) mass is 492 g/mol. The number of nitrogens with zero attached hydrogens (tertiary/aromatic N) is 4. The molecule has 3 fully saturated rings. The van der Waals surface area contributed by atoms with Crippen LogP contribution in [-0.4, -0.2) is 60.3 Å². The van der Waals surface area contributed by atoms with Crippen LogP contribution >= 0.6 is 15.2 Å². The van der Waals surface area contributed by atoms with Gasteiger partial charge in [-0.1, -0.05) is 0 Å². The summed E-state index contributed by atoms with van der Waals surface area (Å²) in [4.78, 5) is 28.1. The van der Waals surface area contributed by atoms with Crippen LogP contribution in [0, 0.1) is 33.5 Å². The van der Waals surface area contributed by atoms with Crippen LogP contribution in [0.2, 0.25) is 0 Å². The third-order valence-electron chi connectivity index (χ3n) is 6.50. The molecule has 3 aliphatic rings. The van der Waals surface area contributed by atoms with Crippen molar-refractivity contribution in [1.82, 2.24) is 8.88 Å². The van der Waals surface area contributed by atoms with Gasteiger partial charge in [0.25, 0.3) is 0 Å². The summed E-state index contributed by atoms with van der Waals surface area (Å²) in [5.41, 5.74) is -6.46. The zero-order valence-corrected chi connectivity index (χ0v) is 21.7. The minimum atomic E-state index is -5.14. The molecule has 0 saturated carbocycles. The molecular weight excluding hydrogens is 462 g/mol. The number of hydrogen-bond acceptors (Lipinski definition) is 10. The first-order valence-corrected chi connectivity index (χ1v) is 13.5. The van der Waals surface area contributed by atoms with Gasteiger partial charge in [0.15, 0.2) is 0 Å². The first kappa shape index (κ1) is 25.2. The first-order valence-electron chi connectivity index (χ1n) is 9.74. The van der Waals surface area contributed by atoms with E-state index in [2.05, 4.69) is 0 Å². The second-order valence-corrected chi connectivity index (χ2v) is 17.1. The summed E-state index contributed by atoms with van der Waals surface area (Å²) in [6, 6.07) is 3.90. The van der Waals surface area contributed by atoms with E-state index < -0.39 is 49.0 Å². The molecule has 12 nitrogen and oxygen atoms in total. The predicted molar refractivity (Wildman–Crippen MR) is 113 cm³/mol. The van der Waals surface area contributed by atoms with E-state index >= 15 is 0 Å². The number of carbonyl (C=O) groups is 2. The van der Waals surface area contributed by atoms with Crippen molar-refractivity contribution in [2.75, 3.05) is 28.4 Å². The quantitative estimate of drug-likeness (QED) is 0.537. The fourth-order valence-corrected chi connectivity index (χ4v) is 17.1. The maximum absolute atomic E-state index is 14.0. The van der Waals surface area contributed by atoms with E-state index in [1.165, 1.54) is 28.4 Å². The standard InChI is InChI=1S/C18H30N4O8P2/c1-15(2,3)17(11-19)13(23)21-31(25-7,26-8,29-17)22-14(24)18(12-20,16(4,5)6)30-32(21,22,27-9)28-10/h1-10H3. The Bertz CT molecular complexity index is 904. The van der Waals surface area contributed by atoms with Crippen molar-refractivity contribution in [2.45, 2.75) is 52.7 Å². The normalized spacial score (nSPS) is 36.4. The molecule has 180 valence electrons. The molecule has 2 atom stereocenters. The summed E-state index contributed by atoms with van der Waals surface area (Å²) in [5, 5.41) is 20.3. The second kappa shape index (κ2) is 6.15. The van der Waals surface area contributed by atoms with Crippen LogP contribution in [0.4, 0.5) is 0 Å². The Kier molecular flexibility index (Phi) is 4.84. The van der Waals surface area contributed by atoms with Gasteiger partial charge in [-0.25, -0.2) is 0 Å². The zero-order valence-electron chi connectivity index (χ0n) is 19.9. The van der Waals surface area contributed by atoms with Crippen molar-refractivity contribution in [3.63, 3.8) is 0 Å². The van der Waals surface area contributed by atoms with Crippen LogP contribution < -0.4 is 0 Å². The molecule has 3 rings (SSSR count). The van der Waals surface area contributed by atoms with Gasteiger partial charge in [0, 0.05) is 0 Å². The van der Waals surface area contributed by atoms with E-state index in [1.54, 1.807) is 41.5 Å². The Morgan fingerprint density at radius 3 is 1.12 bits per heavy atom. The van der Waals surface area contributed by atoms with Crippen molar-refractivity contribution in [1.29, 1.82) is 10.5 Å². The van der Waals surface area contributed by atoms with Crippen LogP contribution in [0.5, 0.6) is 0 Å². The van der Waals surface area contributed by atoms with Crippen LogP contribution in [0.3, 0.4) is 0 Å². The Hall–Kier alpha value is -1.46. The molecule has 3 heterocycles. The summed E-state index contributed by atoms with van der Waals surface area (Å²) >= 11 is 0. The number of amides is 2. The number of rotatable bonds is 4. The Labute approximate surface area is 187 Å². The van der Waals surface area contributed by atoms with E-state index in [0.29, 0.717) is 0 Å². The summed E-state index contributed by atoms with van der Waals surface area (Å²) < 4.78 is 37.4. The Morgan fingerprint density at radius 1 is 0.719 bits per heavy atom. The molecule has 0 radical (unpaired) electrons. The second-order valence-electron chi connectivity index (χ2n) is 9.79. The summed E-state index contributed by atoms with van der Waals surface area (Å²) in [6.07, 6.45) is 0. The summed E-state index contributed by atoms with van der Waals surface area (Å²) in [5.74, 6) is -1.80. The van der Waals surface area contributed by atoms with E-state index in [4.69, 9.17) is 27.1 Å². The molecule has 3 saturated heterocycles. The topological polar surface area (TPSA) is 144 Å². The number of carbonyl (C=O) groups excluding carboxylic acids is 2. The van der Waals surface area contributed by atoms with Gasteiger partial charge in [-0.3, -0.25) is 0 Å². The number of fused-ring (bicyclic) bond motifs is 4. The average molecular weight is 492 g/mol. The average Bonchev–Trinajstić information content (AvgIpc) is 3.07. The first-order chi connectivity index (χ1) is 14.5. The van der Waals surface area contributed by atoms with Crippen LogP contribution in [0.15, 0.2) is 0 Å². The van der Waals surface area contributed by atoms with Crippen LogP contribution in [0.1, 0.15) is 41.5 Å². The molecule has 0 bridgehead atoms. The molecule has 3 aliphatic heterocycles. The number of hydrogen-bond donors (Lipinski definition) is 0. The van der Waals surface area contributed by atoms with Gasteiger partial charge in [0.05, 0.1) is 0 Å². The van der Waals surface area contributed by atoms with Gasteiger partial charge in [0.1, 0.15) is 0 Å². The molecule has 32 heavy (non-hydrogen) atoms. The molecule has 0 aliphatic carbocycles. The van der Waals surface area contributed by atoms with Crippen molar-refractivity contribution >= 4 is 27.0 Å². The zero-order chi connectivity index (χ0) is 24.9. The molecule has 0 spiro atoms. The molecule has 14 heteroatoms. The molecule has 0 aromatic carbocycles. The third kappa shape index (κ3) is 1.98. The van der Waals surface area contributed by atoms with Crippen LogP contribution in [-0.2, 0) is 36.7 Å². The Balaban J connectivity index is 2.51. The van der Waals surface area contributed by atoms with Gasteiger partial charge in [0.2, 0.25) is 0 Å². The van der Waals surface area contributed by atoms with E-state index in [0.717, 1.165) is 8.88 Å².